The zero-order chi connectivity index (χ0) is 31.1. The molecule has 0 amide bonds. The summed E-state index contributed by atoms with van der Waals surface area (Å²) in [7, 11) is 1.55. The highest BCUT2D eigenvalue weighted by Gasteiger charge is 2.36. The van der Waals surface area contributed by atoms with Gasteiger partial charge in [-0.25, -0.2) is 14.6 Å². The highest BCUT2D eigenvalue weighted by atomic mass is 35.5. The molecule has 0 bridgehead atoms. The third-order valence-corrected chi connectivity index (χ3v) is 8.62. The highest BCUT2D eigenvalue weighted by molar-refractivity contribution is 7.07. The van der Waals surface area contributed by atoms with E-state index in [-0.39, 0.29) is 28.3 Å². The average molecular weight is 629 g/mol. The molecule has 1 aliphatic heterocycles. The second-order valence-corrected chi connectivity index (χ2v) is 11.3. The van der Waals surface area contributed by atoms with Gasteiger partial charge in [-0.05, 0) is 55.0 Å². The van der Waals surface area contributed by atoms with E-state index in [1.807, 2.05) is 36.4 Å². The number of carboxylic acid groups (broad SMARTS) is 1. The lowest BCUT2D eigenvalue weighted by Gasteiger charge is -2.27. The van der Waals surface area contributed by atoms with E-state index in [0.717, 1.165) is 10.8 Å². The summed E-state index contributed by atoms with van der Waals surface area (Å²) in [4.78, 5) is 44.0. The van der Waals surface area contributed by atoms with Crippen LogP contribution in [0.25, 0.3) is 28.2 Å². The number of carboxylic acids is 1. The number of fused-ring (bicyclic) bond motifs is 2. The van der Waals surface area contributed by atoms with Gasteiger partial charge >= 0.3 is 11.9 Å². The van der Waals surface area contributed by atoms with Gasteiger partial charge in [-0.3, -0.25) is 9.36 Å². The second-order valence-electron chi connectivity index (χ2n) is 9.91. The molecule has 11 heteroatoms. The van der Waals surface area contributed by atoms with E-state index in [1.54, 1.807) is 45.2 Å². The molecule has 2 aromatic heterocycles. The molecule has 44 heavy (non-hydrogen) atoms. The zero-order valence-electron chi connectivity index (χ0n) is 23.8. The van der Waals surface area contributed by atoms with Gasteiger partial charge in [0.1, 0.15) is 23.3 Å². The fraction of sp³-hybridized carbons (Fsp3) is 0.152. The number of rotatable bonds is 7. The first-order chi connectivity index (χ1) is 21.2. The van der Waals surface area contributed by atoms with E-state index in [2.05, 4.69) is 4.99 Å². The molecule has 1 N–H and O–H groups in total. The summed E-state index contributed by atoms with van der Waals surface area (Å²) >= 11 is 7.32. The van der Waals surface area contributed by atoms with Crippen LogP contribution in [0.15, 0.2) is 92.2 Å². The fourth-order valence-electron chi connectivity index (χ4n) is 5.36. The third-order valence-electron chi connectivity index (χ3n) is 7.33. The van der Waals surface area contributed by atoms with Crippen LogP contribution in [0.4, 0.5) is 0 Å². The normalized spacial score (nSPS) is 14.8. The van der Waals surface area contributed by atoms with Gasteiger partial charge in [0.25, 0.3) is 5.56 Å². The Bertz CT molecular complexity index is 2190. The standard InChI is InChI=1S/C33H25ClN2O7S/c1-4-42-32(40)27-17(2)35-33-36(29(27)28-21-8-6-5-7-18(21)10-13-25(28)41-3)30(37)26(44-33)16-20-11-14-24(43-20)19-9-12-22(31(38)39)23(34)15-19/h5-16,29H,4H2,1-3H3,(H,38,39)/b26-16-/t29-/m0/s1. The summed E-state index contributed by atoms with van der Waals surface area (Å²) in [5.41, 5.74) is 1.55. The predicted molar refractivity (Wildman–Crippen MR) is 167 cm³/mol. The second kappa shape index (κ2) is 11.6. The summed E-state index contributed by atoms with van der Waals surface area (Å²) in [6.07, 6.45) is 1.61. The number of benzene rings is 3. The molecule has 0 saturated heterocycles. The Kier molecular flexibility index (Phi) is 7.71. The van der Waals surface area contributed by atoms with Gasteiger partial charge in [0, 0.05) is 17.2 Å². The molecular formula is C33H25ClN2O7S. The Morgan fingerprint density at radius 3 is 2.66 bits per heavy atom. The number of halogens is 1. The fourth-order valence-corrected chi connectivity index (χ4v) is 6.64. The molecule has 6 rings (SSSR count). The SMILES string of the molecule is CCOC(=O)C1=C(C)N=c2s/c(=C\c3ccc(-c4ccc(C(=O)O)c(Cl)c4)o3)c(=O)n2[C@@H]1c1c(OC)ccc2ccccc12. The molecule has 3 aromatic carbocycles. The van der Waals surface area contributed by atoms with Gasteiger partial charge in [-0.1, -0.05) is 59.3 Å². The van der Waals surface area contributed by atoms with Crippen LogP contribution >= 0.6 is 22.9 Å². The Morgan fingerprint density at radius 1 is 1.14 bits per heavy atom. The summed E-state index contributed by atoms with van der Waals surface area (Å²) in [5, 5.41) is 11.1. The zero-order valence-corrected chi connectivity index (χ0v) is 25.4. The van der Waals surface area contributed by atoms with E-state index in [0.29, 0.717) is 43.4 Å². The number of esters is 1. The molecule has 1 aliphatic rings. The lowest BCUT2D eigenvalue weighted by molar-refractivity contribution is -0.139. The van der Waals surface area contributed by atoms with Gasteiger partial charge in [-0.2, -0.15) is 0 Å². The van der Waals surface area contributed by atoms with Gasteiger partial charge in [0.05, 0.1) is 40.1 Å². The maximum Gasteiger partial charge on any atom is 0.338 e. The van der Waals surface area contributed by atoms with Crippen LogP contribution in [0, 0.1) is 0 Å². The van der Waals surface area contributed by atoms with Crippen molar-refractivity contribution in [2.24, 2.45) is 4.99 Å². The Labute approximate surface area is 259 Å². The number of furan rings is 1. The van der Waals surface area contributed by atoms with Crippen molar-refractivity contribution >= 4 is 51.7 Å². The first-order valence-corrected chi connectivity index (χ1v) is 14.8. The maximum absolute atomic E-state index is 14.1. The summed E-state index contributed by atoms with van der Waals surface area (Å²) in [6, 6.07) is 18.5. The molecule has 222 valence electrons. The number of methoxy groups -OCH3 is 1. The molecular weight excluding hydrogens is 604 g/mol. The summed E-state index contributed by atoms with van der Waals surface area (Å²) < 4.78 is 19.1. The minimum Gasteiger partial charge on any atom is -0.496 e. The maximum atomic E-state index is 14.1. The molecule has 0 radical (unpaired) electrons. The van der Waals surface area contributed by atoms with Crippen molar-refractivity contribution in [2.45, 2.75) is 19.9 Å². The van der Waals surface area contributed by atoms with Crippen molar-refractivity contribution in [3.63, 3.8) is 0 Å². The Hall–Kier alpha value is -4.93. The molecule has 5 aromatic rings. The lowest BCUT2D eigenvalue weighted by atomic mass is 9.90. The van der Waals surface area contributed by atoms with Crippen LogP contribution in [0.5, 0.6) is 5.75 Å². The van der Waals surface area contributed by atoms with Gasteiger partial charge in [-0.15, -0.1) is 0 Å². The minimum atomic E-state index is -1.13. The molecule has 3 heterocycles. The highest BCUT2D eigenvalue weighted by Crippen LogP contribution is 2.40. The Balaban J connectivity index is 1.53. The van der Waals surface area contributed by atoms with Crippen molar-refractivity contribution in [3.05, 3.63) is 120 Å². The lowest BCUT2D eigenvalue weighted by Crippen LogP contribution is -2.40. The Morgan fingerprint density at radius 2 is 1.93 bits per heavy atom. The van der Waals surface area contributed by atoms with Gasteiger partial charge in [0.2, 0.25) is 0 Å². The van der Waals surface area contributed by atoms with Gasteiger partial charge in [0.15, 0.2) is 4.80 Å². The summed E-state index contributed by atoms with van der Waals surface area (Å²) in [5.74, 6) is -0.335. The number of thiazole rings is 1. The first kappa shape index (κ1) is 29.2. The van der Waals surface area contributed by atoms with Crippen molar-refractivity contribution < 1.29 is 28.6 Å². The number of carbonyl (C=O) groups is 2. The number of hydrogen-bond acceptors (Lipinski definition) is 8. The number of aromatic carboxylic acids is 1. The van der Waals surface area contributed by atoms with Crippen LogP contribution < -0.4 is 19.6 Å². The van der Waals surface area contributed by atoms with Crippen molar-refractivity contribution in [2.75, 3.05) is 13.7 Å². The monoisotopic (exact) mass is 628 g/mol. The van der Waals surface area contributed by atoms with Crippen LogP contribution in [-0.2, 0) is 9.53 Å². The third kappa shape index (κ3) is 5.01. The molecule has 0 spiro atoms. The van der Waals surface area contributed by atoms with E-state index in [9.17, 15) is 19.5 Å². The molecule has 0 fully saturated rings. The molecule has 0 unspecified atom stereocenters. The van der Waals surface area contributed by atoms with Crippen LogP contribution in [0.2, 0.25) is 5.02 Å². The molecule has 0 aliphatic carbocycles. The van der Waals surface area contributed by atoms with E-state index < -0.39 is 18.0 Å². The number of ether oxygens (including phenoxy) is 2. The average Bonchev–Trinajstić information content (AvgIpc) is 3.59. The first-order valence-electron chi connectivity index (χ1n) is 13.6. The van der Waals surface area contributed by atoms with Crippen LogP contribution in [-0.4, -0.2) is 35.3 Å². The van der Waals surface area contributed by atoms with E-state index in [4.69, 9.17) is 25.5 Å². The number of carbonyl (C=O) groups excluding carboxylic acids is 1. The molecule has 9 nitrogen and oxygen atoms in total. The molecule has 1 atom stereocenters. The minimum absolute atomic E-state index is 0.0156. The van der Waals surface area contributed by atoms with E-state index >= 15 is 0 Å². The summed E-state index contributed by atoms with van der Waals surface area (Å²) in [6.45, 7) is 3.61. The van der Waals surface area contributed by atoms with Crippen molar-refractivity contribution in [3.8, 4) is 17.1 Å². The van der Waals surface area contributed by atoms with Crippen LogP contribution in [0.3, 0.4) is 0 Å². The number of aromatic nitrogens is 1. The van der Waals surface area contributed by atoms with Crippen LogP contribution in [0.1, 0.15) is 41.6 Å². The van der Waals surface area contributed by atoms with Crippen molar-refractivity contribution in [1.29, 1.82) is 0 Å². The quantitative estimate of drug-likeness (QED) is 0.234. The van der Waals surface area contributed by atoms with E-state index in [1.165, 1.54) is 28.0 Å². The molecule has 0 saturated carbocycles. The van der Waals surface area contributed by atoms with Gasteiger partial charge < -0.3 is 19.0 Å². The van der Waals surface area contributed by atoms with Crippen molar-refractivity contribution in [1.82, 2.24) is 4.57 Å². The smallest absolute Gasteiger partial charge is 0.338 e. The largest absolute Gasteiger partial charge is 0.496 e. The number of allylic oxidation sites excluding steroid dienone is 1. The number of nitrogens with zero attached hydrogens (tertiary/aromatic N) is 2. The topological polar surface area (TPSA) is 120 Å². The predicted octanol–water partition coefficient (Wildman–Crippen LogP) is 5.57. The number of hydrogen-bond donors (Lipinski definition) is 1.